The third-order valence-electron chi connectivity index (χ3n) is 4.27. The maximum atomic E-state index is 12.3. The van der Waals surface area contributed by atoms with Gasteiger partial charge < -0.3 is 15.3 Å². The molecule has 1 saturated carbocycles. The van der Waals surface area contributed by atoms with E-state index in [-0.39, 0.29) is 24.5 Å². The molecule has 2 amide bonds. The molecule has 0 aromatic carbocycles. The van der Waals surface area contributed by atoms with Crippen LogP contribution in [0, 0.1) is 5.92 Å². The molecular formula is C15H28N2O3. The summed E-state index contributed by atoms with van der Waals surface area (Å²) in [5.41, 5.74) is 0. The monoisotopic (exact) mass is 284 g/mol. The number of amides is 2. The van der Waals surface area contributed by atoms with Crippen LogP contribution < -0.4 is 5.32 Å². The van der Waals surface area contributed by atoms with Gasteiger partial charge in [0.25, 0.3) is 0 Å². The van der Waals surface area contributed by atoms with Gasteiger partial charge in [0.05, 0.1) is 6.42 Å². The van der Waals surface area contributed by atoms with E-state index in [2.05, 4.69) is 12.2 Å². The van der Waals surface area contributed by atoms with Gasteiger partial charge in [0.15, 0.2) is 0 Å². The summed E-state index contributed by atoms with van der Waals surface area (Å²) in [6.45, 7) is 4.18. The standard InChI is InChI=1S/C15H28N2O3/c1-4-7-12(10-14(18)19)16-15(20)17(3)13-9-6-5-8-11(13)2/h11-13H,4-10H2,1-3H3,(H,16,20)(H,18,19). The van der Waals surface area contributed by atoms with Crippen molar-refractivity contribution in [3.63, 3.8) is 0 Å². The van der Waals surface area contributed by atoms with Gasteiger partial charge >= 0.3 is 12.0 Å². The van der Waals surface area contributed by atoms with E-state index in [0.717, 1.165) is 19.3 Å². The number of carboxylic acids is 1. The van der Waals surface area contributed by atoms with E-state index in [9.17, 15) is 9.59 Å². The Labute approximate surface area is 121 Å². The number of nitrogens with zero attached hydrogens (tertiary/aromatic N) is 1. The van der Waals surface area contributed by atoms with Gasteiger partial charge in [-0.2, -0.15) is 0 Å². The summed E-state index contributed by atoms with van der Waals surface area (Å²) in [5, 5.41) is 11.8. The molecule has 3 unspecified atom stereocenters. The zero-order valence-electron chi connectivity index (χ0n) is 12.9. The minimum atomic E-state index is -0.863. The molecule has 1 aliphatic rings. The number of hydrogen-bond donors (Lipinski definition) is 2. The summed E-state index contributed by atoms with van der Waals surface area (Å²) >= 11 is 0. The predicted octanol–water partition coefficient (Wildman–Crippen LogP) is 2.85. The molecule has 5 nitrogen and oxygen atoms in total. The number of aliphatic carboxylic acids is 1. The zero-order valence-corrected chi connectivity index (χ0v) is 12.9. The third-order valence-corrected chi connectivity index (χ3v) is 4.27. The number of carboxylic acid groups (broad SMARTS) is 1. The molecule has 116 valence electrons. The Morgan fingerprint density at radius 3 is 2.55 bits per heavy atom. The smallest absolute Gasteiger partial charge is 0.317 e. The highest BCUT2D eigenvalue weighted by Gasteiger charge is 2.28. The molecule has 0 radical (unpaired) electrons. The molecule has 0 saturated heterocycles. The SMILES string of the molecule is CCCC(CC(=O)O)NC(=O)N(C)C1CCCCC1C. The highest BCUT2D eigenvalue weighted by atomic mass is 16.4. The molecule has 0 aliphatic heterocycles. The van der Waals surface area contributed by atoms with Crippen LogP contribution >= 0.6 is 0 Å². The lowest BCUT2D eigenvalue weighted by atomic mass is 9.85. The quantitative estimate of drug-likeness (QED) is 0.788. The molecule has 0 heterocycles. The van der Waals surface area contributed by atoms with Gasteiger partial charge in [-0.1, -0.05) is 33.1 Å². The fourth-order valence-corrected chi connectivity index (χ4v) is 3.08. The van der Waals surface area contributed by atoms with E-state index < -0.39 is 5.97 Å². The number of nitrogens with one attached hydrogen (secondary N) is 1. The lowest BCUT2D eigenvalue weighted by molar-refractivity contribution is -0.137. The summed E-state index contributed by atoms with van der Waals surface area (Å²) in [6, 6.07) is -0.134. The van der Waals surface area contributed by atoms with Gasteiger partial charge in [-0.3, -0.25) is 4.79 Å². The van der Waals surface area contributed by atoms with Gasteiger partial charge in [-0.25, -0.2) is 4.79 Å². The molecule has 0 aromatic heterocycles. The fourth-order valence-electron chi connectivity index (χ4n) is 3.08. The Kier molecular flexibility index (Phi) is 6.82. The Bertz CT molecular complexity index is 333. The highest BCUT2D eigenvalue weighted by Crippen LogP contribution is 2.27. The topological polar surface area (TPSA) is 69.6 Å². The molecule has 1 rings (SSSR count). The molecule has 1 aliphatic carbocycles. The number of rotatable bonds is 6. The first-order chi connectivity index (χ1) is 9.45. The van der Waals surface area contributed by atoms with Crippen LogP contribution in [0.5, 0.6) is 0 Å². The van der Waals surface area contributed by atoms with Crippen molar-refractivity contribution in [1.29, 1.82) is 0 Å². The second kappa shape index (κ2) is 8.12. The van der Waals surface area contributed by atoms with Gasteiger partial charge in [-0.15, -0.1) is 0 Å². The van der Waals surface area contributed by atoms with Crippen LogP contribution in [-0.4, -0.2) is 41.1 Å². The second-order valence-corrected chi connectivity index (χ2v) is 5.97. The van der Waals surface area contributed by atoms with Crippen molar-refractivity contribution in [1.82, 2.24) is 10.2 Å². The Balaban J connectivity index is 2.55. The lowest BCUT2D eigenvalue weighted by Crippen LogP contribution is -2.50. The van der Waals surface area contributed by atoms with Crippen LogP contribution in [0.25, 0.3) is 0 Å². The van der Waals surface area contributed by atoms with E-state index in [1.54, 1.807) is 4.90 Å². The molecule has 1 fully saturated rings. The molecule has 0 aromatic rings. The van der Waals surface area contributed by atoms with Gasteiger partial charge in [0, 0.05) is 19.1 Å². The minimum Gasteiger partial charge on any atom is -0.481 e. The molecule has 0 spiro atoms. The van der Waals surface area contributed by atoms with Crippen molar-refractivity contribution >= 4 is 12.0 Å². The van der Waals surface area contributed by atoms with Crippen LogP contribution in [0.3, 0.4) is 0 Å². The number of hydrogen-bond acceptors (Lipinski definition) is 2. The first-order valence-electron chi connectivity index (χ1n) is 7.70. The van der Waals surface area contributed by atoms with E-state index in [1.165, 1.54) is 12.8 Å². The van der Waals surface area contributed by atoms with Crippen molar-refractivity contribution in [3.05, 3.63) is 0 Å². The summed E-state index contributed by atoms with van der Waals surface area (Å²) < 4.78 is 0. The van der Waals surface area contributed by atoms with Crippen molar-refractivity contribution in [3.8, 4) is 0 Å². The second-order valence-electron chi connectivity index (χ2n) is 5.97. The summed E-state index contributed by atoms with van der Waals surface area (Å²) in [7, 11) is 1.82. The van der Waals surface area contributed by atoms with E-state index in [1.807, 2.05) is 14.0 Å². The molecule has 20 heavy (non-hydrogen) atoms. The maximum Gasteiger partial charge on any atom is 0.317 e. The largest absolute Gasteiger partial charge is 0.481 e. The average molecular weight is 284 g/mol. The predicted molar refractivity (Wildman–Crippen MR) is 78.7 cm³/mol. The Morgan fingerprint density at radius 2 is 2.00 bits per heavy atom. The van der Waals surface area contributed by atoms with Gasteiger partial charge in [0.2, 0.25) is 0 Å². The molecule has 5 heteroatoms. The van der Waals surface area contributed by atoms with E-state index in [0.29, 0.717) is 12.3 Å². The Morgan fingerprint density at radius 1 is 1.35 bits per heavy atom. The van der Waals surface area contributed by atoms with Crippen molar-refractivity contribution in [2.75, 3.05) is 7.05 Å². The summed E-state index contributed by atoms with van der Waals surface area (Å²) in [4.78, 5) is 24.9. The van der Waals surface area contributed by atoms with Crippen LogP contribution in [0.15, 0.2) is 0 Å². The van der Waals surface area contributed by atoms with Crippen LogP contribution in [0.2, 0.25) is 0 Å². The minimum absolute atomic E-state index is 0.00631. The molecular weight excluding hydrogens is 256 g/mol. The van der Waals surface area contributed by atoms with E-state index in [4.69, 9.17) is 5.11 Å². The van der Waals surface area contributed by atoms with Crippen LogP contribution in [0.4, 0.5) is 4.79 Å². The Hall–Kier alpha value is -1.26. The number of carbonyl (C=O) groups is 2. The maximum absolute atomic E-state index is 12.3. The number of carbonyl (C=O) groups excluding carboxylic acids is 1. The highest BCUT2D eigenvalue weighted by molar-refractivity contribution is 5.76. The number of urea groups is 1. The first kappa shape index (κ1) is 16.8. The molecule has 2 N–H and O–H groups in total. The molecule has 0 bridgehead atoms. The van der Waals surface area contributed by atoms with Crippen molar-refractivity contribution in [2.24, 2.45) is 5.92 Å². The summed E-state index contributed by atoms with van der Waals surface area (Å²) in [5.74, 6) is -0.346. The molecule has 3 atom stereocenters. The van der Waals surface area contributed by atoms with E-state index >= 15 is 0 Å². The first-order valence-corrected chi connectivity index (χ1v) is 7.70. The normalized spacial score (nSPS) is 23.9. The zero-order chi connectivity index (χ0) is 15.1. The summed E-state index contributed by atoms with van der Waals surface area (Å²) in [6.07, 6.45) is 6.17. The fraction of sp³-hybridized carbons (Fsp3) is 0.867. The van der Waals surface area contributed by atoms with Crippen LogP contribution in [-0.2, 0) is 4.79 Å². The van der Waals surface area contributed by atoms with Gasteiger partial charge in [-0.05, 0) is 25.2 Å². The van der Waals surface area contributed by atoms with Crippen molar-refractivity contribution in [2.45, 2.75) is 70.9 Å². The average Bonchev–Trinajstić information content (AvgIpc) is 2.38. The van der Waals surface area contributed by atoms with Gasteiger partial charge in [0.1, 0.15) is 0 Å². The van der Waals surface area contributed by atoms with Crippen molar-refractivity contribution < 1.29 is 14.7 Å². The third kappa shape index (κ3) is 5.02. The lowest BCUT2D eigenvalue weighted by Gasteiger charge is -2.37. The van der Waals surface area contributed by atoms with Crippen LogP contribution in [0.1, 0.15) is 58.8 Å².